The van der Waals surface area contributed by atoms with Crippen molar-refractivity contribution in [3.05, 3.63) is 34.9 Å². The first kappa shape index (κ1) is 17.3. The van der Waals surface area contributed by atoms with Crippen LogP contribution in [0.4, 0.5) is 13.2 Å². The zero-order valence-electron chi connectivity index (χ0n) is 11.6. The van der Waals surface area contributed by atoms with Crippen molar-refractivity contribution >= 4 is 11.6 Å². The van der Waals surface area contributed by atoms with E-state index in [1.807, 2.05) is 6.92 Å². The number of rotatable bonds is 6. The number of hydrogen-bond donors (Lipinski definition) is 1. The van der Waals surface area contributed by atoms with Crippen molar-refractivity contribution in [1.82, 2.24) is 4.90 Å². The van der Waals surface area contributed by atoms with Crippen molar-refractivity contribution in [3.8, 4) is 0 Å². The van der Waals surface area contributed by atoms with Crippen molar-refractivity contribution in [2.24, 2.45) is 5.73 Å². The number of nitrogens with zero attached hydrogens (tertiary/aromatic N) is 1. The lowest BCUT2D eigenvalue weighted by molar-refractivity contribution is -0.152. The highest BCUT2D eigenvalue weighted by molar-refractivity contribution is 6.31. The zero-order chi connectivity index (χ0) is 15.3. The van der Waals surface area contributed by atoms with Crippen molar-refractivity contribution in [3.63, 3.8) is 0 Å². The van der Waals surface area contributed by atoms with Gasteiger partial charge in [0.2, 0.25) is 0 Å². The third-order valence-corrected chi connectivity index (χ3v) is 3.35. The first-order chi connectivity index (χ1) is 9.26. The Balaban J connectivity index is 3.12. The summed E-state index contributed by atoms with van der Waals surface area (Å²) in [6, 6.07) is 5.90. The summed E-state index contributed by atoms with van der Waals surface area (Å²) in [6.45, 7) is 2.87. The summed E-state index contributed by atoms with van der Waals surface area (Å²) in [6.07, 6.45) is -3.65. The van der Waals surface area contributed by atoms with Gasteiger partial charge in [-0.2, -0.15) is 13.2 Å². The van der Waals surface area contributed by atoms with Gasteiger partial charge in [-0.05, 0) is 31.5 Å². The molecule has 0 saturated heterocycles. The van der Waals surface area contributed by atoms with Crippen LogP contribution in [0.25, 0.3) is 0 Å². The van der Waals surface area contributed by atoms with Crippen molar-refractivity contribution < 1.29 is 13.2 Å². The predicted molar refractivity (Wildman–Crippen MR) is 75.8 cm³/mol. The van der Waals surface area contributed by atoms with Crippen LogP contribution in [-0.4, -0.2) is 30.2 Å². The van der Waals surface area contributed by atoms with Gasteiger partial charge in [0.25, 0.3) is 0 Å². The van der Waals surface area contributed by atoms with Crippen LogP contribution in [0.2, 0.25) is 5.02 Å². The maximum atomic E-state index is 12.8. The van der Waals surface area contributed by atoms with E-state index in [1.165, 1.54) is 4.90 Å². The maximum absolute atomic E-state index is 12.8. The summed E-state index contributed by atoms with van der Waals surface area (Å²) in [5.41, 5.74) is 6.56. The van der Waals surface area contributed by atoms with E-state index in [1.54, 1.807) is 31.2 Å². The van der Waals surface area contributed by atoms with Crippen molar-refractivity contribution in [1.29, 1.82) is 0 Å². The fourth-order valence-electron chi connectivity index (χ4n) is 2.36. The molecule has 1 rings (SSSR count). The molecular formula is C14H20ClF3N2. The minimum Gasteiger partial charge on any atom is -0.326 e. The molecule has 1 aromatic rings. The van der Waals surface area contributed by atoms with Crippen LogP contribution in [0.5, 0.6) is 0 Å². The predicted octanol–water partition coefficient (Wildman–Crippen LogP) is 4.00. The second-order valence-corrected chi connectivity index (χ2v) is 5.32. The number of halogens is 4. The van der Waals surface area contributed by atoms with E-state index in [0.29, 0.717) is 23.6 Å². The summed E-state index contributed by atoms with van der Waals surface area (Å²) in [5, 5.41) is 0.443. The Hall–Kier alpha value is -0.780. The van der Waals surface area contributed by atoms with Gasteiger partial charge in [-0.15, -0.1) is 0 Å². The van der Waals surface area contributed by atoms with E-state index in [4.69, 9.17) is 17.3 Å². The van der Waals surface area contributed by atoms with Gasteiger partial charge in [0.1, 0.15) is 0 Å². The smallest absolute Gasteiger partial charge is 0.326 e. The third-order valence-electron chi connectivity index (χ3n) is 3.01. The molecular weight excluding hydrogens is 289 g/mol. The van der Waals surface area contributed by atoms with Crippen LogP contribution >= 0.6 is 11.6 Å². The lowest BCUT2D eigenvalue weighted by atomic mass is 9.98. The number of nitrogens with two attached hydrogens (primary N) is 1. The summed E-state index contributed by atoms with van der Waals surface area (Å²) in [5.74, 6) is 0. The lowest BCUT2D eigenvalue weighted by Gasteiger charge is -2.35. The molecule has 2 nitrogen and oxygen atoms in total. The van der Waals surface area contributed by atoms with E-state index in [-0.39, 0.29) is 0 Å². The topological polar surface area (TPSA) is 29.3 Å². The molecule has 0 aliphatic heterocycles. The van der Waals surface area contributed by atoms with Gasteiger partial charge in [0, 0.05) is 11.1 Å². The molecule has 2 N–H and O–H groups in total. The van der Waals surface area contributed by atoms with Crippen LogP contribution in [0, 0.1) is 0 Å². The van der Waals surface area contributed by atoms with E-state index >= 15 is 0 Å². The first-order valence-electron chi connectivity index (χ1n) is 6.57. The average molecular weight is 309 g/mol. The normalized spacial score (nSPS) is 15.4. The molecule has 0 heterocycles. The Kier molecular flexibility index (Phi) is 6.30. The zero-order valence-corrected chi connectivity index (χ0v) is 12.4. The Morgan fingerprint density at radius 2 is 1.90 bits per heavy atom. The Bertz CT molecular complexity index is 421. The highest BCUT2D eigenvalue weighted by Gasteiger charge is 2.35. The lowest BCUT2D eigenvalue weighted by Crippen LogP contribution is -2.44. The fourth-order valence-corrected chi connectivity index (χ4v) is 2.61. The molecule has 0 aliphatic rings. The molecule has 0 radical (unpaired) electrons. The van der Waals surface area contributed by atoms with Crippen LogP contribution in [0.3, 0.4) is 0 Å². The van der Waals surface area contributed by atoms with Crippen LogP contribution < -0.4 is 5.73 Å². The monoisotopic (exact) mass is 308 g/mol. The Labute approximate surface area is 122 Å². The van der Waals surface area contributed by atoms with Crippen LogP contribution in [0.15, 0.2) is 24.3 Å². The first-order valence-corrected chi connectivity index (χ1v) is 6.95. The molecule has 2 unspecified atom stereocenters. The van der Waals surface area contributed by atoms with Crippen molar-refractivity contribution in [2.75, 3.05) is 13.1 Å². The third kappa shape index (κ3) is 4.96. The Morgan fingerprint density at radius 1 is 1.30 bits per heavy atom. The van der Waals surface area contributed by atoms with Gasteiger partial charge in [-0.1, -0.05) is 36.7 Å². The quantitative estimate of drug-likeness (QED) is 0.860. The Morgan fingerprint density at radius 3 is 2.35 bits per heavy atom. The van der Waals surface area contributed by atoms with Crippen LogP contribution in [0.1, 0.15) is 31.9 Å². The van der Waals surface area contributed by atoms with Crippen molar-refractivity contribution in [2.45, 2.75) is 38.5 Å². The molecule has 20 heavy (non-hydrogen) atoms. The second kappa shape index (κ2) is 7.29. The molecule has 0 aliphatic carbocycles. The number of hydrogen-bond acceptors (Lipinski definition) is 2. The summed E-state index contributed by atoms with van der Waals surface area (Å²) in [7, 11) is 0. The van der Waals surface area contributed by atoms with E-state index in [0.717, 1.165) is 0 Å². The maximum Gasteiger partial charge on any atom is 0.401 e. The SMILES string of the molecule is CCCN(CC(F)(F)F)C(c1ccccc1Cl)C(C)N. The highest BCUT2D eigenvalue weighted by Crippen LogP contribution is 2.32. The molecule has 0 bridgehead atoms. The van der Waals surface area contributed by atoms with Gasteiger partial charge in [-0.25, -0.2) is 0 Å². The van der Waals surface area contributed by atoms with Gasteiger partial charge >= 0.3 is 6.18 Å². The summed E-state index contributed by atoms with van der Waals surface area (Å²) >= 11 is 6.12. The second-order valence-electron chi connectivity index (χ2n) is 4.91. The summed E-state index contributed by atoms with van der Waals surface area (Å²) < 4.78 is 38.3. The molecule has 6 heteroatoms. The van der Waals surface area contributed by atoms with Gasteiger partial charge in [0.05, 0.1) is 12.6 Å². The minimum atomic E-state index is -4.26. The number of benzene rings is 1. The average Bonchev–Trinajstić information content (AvgIpc) is 2.29. The molecule has 0 saturated carbocycles. The fraction of sp³-hybridized carbons (Fsp3) is 0.571. The largest absolute Gasteiger partial charge is 0.401 e. The van der Waals surface area contributed by atoms with E-state index < -0.39 is 24.8 Å². The molecule has 2 atom stereocenters. The molecule has 0 fully saturated rings. The molecule has 0 aromatic heterocycles. The minimum absolute atomic E-state index is 0.316. The molecule has 1 aromatic carbocycles. The molecule has 114 valence electrons. The van der Waals surface area contributed by atoms with Gasteiger partial charge in [-0.3, -0.25) is 4.90 Å². The van der Waals surface area contributed by atoms with Gasteiger partial charge in [0.15, 0.2) is 0 Å². The molecule has 0 amide bonds. The number of alkyl halides is 3. The highest BCUT2D eigenvalue weighted by atomic mass is 35.5. The van der Waals surface area contributed by atoms with Crippen LogP contribution in [-0.2, 0) is 0 Å². The van der Waals surface area contributed by atoms with Gasteiger partial charge < -0.3 is 5.73 Å². The summed E-state index contributed by atoms with van der Waals surface area (Å²) in [4.78, 5) is 1.35. The standard InChI is InChI=1S/C14H20ClF3N2/c1-3-8-20(9-14(16,17)18)13(10(2)19)11-6-4-5-7-12(11)15/h4-7,10,13H,3,8-9,19H2,1-2H3. The van der Waals surface area contributed by atoms with E-state index in [9.17, 15) is 13.2 Å². The van der Waals surface area contributed by atoms with E-state index in [2.05, 4.69) is 0 Å². The molecule has 0 spiro atoms.